The summed E-state index contributed by atoms with van der Waals surface area (Å²) in [5, 5.41) is 4.05. The summed E-state index contributed by atoms with van der Waals surface area (Å²) in [5.41, 5.74) is 4.31. The molecule has 0 saturated carbocycles. The number of rotatable bonds is 5. The molecule has 1 aromatic carbocycles. The standard InChI is InChI=1S/C14H16N4O/c1-2-6-12-9-13(19)17-14(16-12)18-15-10-11-7-4-3-5-8-11/h3-5,7-10H,2,6H2,1H3,(H2,16,17,18,19). The van der Waals surface area contributed by atoms with Crippen molar-refractivity contribution in [3.8, 4) is 0 Å². The summed E-state index contributed by atoms with van der Waals surface area (Å²) >= 11 is 0. The van der Waals surface area contributed by atoms with Gasteiger partial charge in [0.05, 0.1) is 6.21 Å². The van der Waals surface area contributed by atoms with E-state index in [9.17, 15) is 4.79 Å². The SMILES string of the molecule is CCCc1cc(=O)[nH]c(NN=Cc2ccccc2)n1. The van der Waals surface area contributed by atoms with Gasteiger partial charge in [-0.2, -0.15) is 5.10 Å². The van der Waals surface area contributed by atoms with E-state index in [0.717, 1.165) is 24.1 Å². The van der Waals surface area contributed by atoms with Crippen LogP contribution in [0.3, 0.4) is 0 Å². The Morgan fingerprint density at radius 2 is 2.16 bits per heavy atom. The molecule has 1 heterocycles. The molecule has 2 aromatic rings. The number of hydrogen-bond acceptors (Lipinski definition) is 4. The van der Waals surface area contributed by atoms with Crippen molar-refractivity contribution < 1.29 is 0 Å². The fourth-order valence-corrected chi connectivity index (χ4v) is 1.65. The van der Waals surface area contributed by atoms with Crippen molar-refractivity contribution in [2.45, 2.75) is 19.8 Å². The number of benzene rings is 1. The van der Waals surface area contributed by atoms with Gasteiger partial charge in [-0.15, -0.1) is 0 Å². The number of nitrogens with one attached hydrogen (secondary N) is 2. The maximum absolute atomic E-state index is 11.4. The fourth-order valence-electron chi connectivity index (χ4n) is 1.65. The van der Waals surface area contributed by atoms with Gasteiger partial charge in [0, 0.05) is 11.8 Å². The third kappa shape index (κ3) is 4.06. The largest absolute Gasteiger partial charge is 0.291 e. The topological polar surface area (TPSA) is 70.1 Å². The van der Waals surface area contributed by atoms with Crippen LogP contribution >= 0.6 is 0 Å². The normalized spacial score (nSPS) is 10.8. The molecule has 5 heteroatoms. The summed E-state index contributed by atoms with van der Waals surface area (Å²) < 4.78 is 0. The van der Waals surface area contributed by atoms with E-state index in [1.54, 1.807) is 6.21 Å². The summed E-state index contributed by atoms with van der Waals surface area (Å²) in [5.74, 6) is 0.364. The minimum atomic E-state index is -0.170. The quantitative estimate of drug-likeness (QED) is 0.636. The predicted octanol–water partition coefficient (Wildman–Crippen LogP) is 2.17. The molecule has 0 spiro atoms. The van der Waals surface area contributed by atoms with Gasteiger partial charge in [0.25, 0.3) is 5.56 Å². The molecule has 0 aliphatic heterocycles. The molecule has 0 fully saturated rings. The van der Waals surface area contributed by atoms with E-state index in [1.165, 1.54) is 6.07 Å². The van der Waals surface area contributed by atoms with Crippen LogP contribution in [-0.2, 0) is 6.42 Å². The van der Waals surface area contributed by atoms with Crippen molar-refractivity contribution in [3.63, 3.8) is 0 Å². The average molecular weight is 256 g/mol. The van der Waals surface area contributed by atoms with Crippen molar-refractivity contribution in [3.05, 3.63) is 58.0 Å². The minimum Gasteiger partial charge on any atom is -0.291 e. The number of aryl methyl sites for hydroxylation is 1. The van der Waals surface area contributed by atoms with Gasteiger partial charge in [-0.25, -0.2) is 10.4 Å². The summed E-state index contributed by atoms with van der Waals surface area (Å²) in [6.45, 7) is 2.05. The van der Waals surface area contributed by atoms with E-state index >= 15 is 0 Å². The summed E-state index contributed by atoms with van der Waals surface area (Å²) in [6.07, 6.45) is 3.40. The van der Waals surface area contributed by atoms with Gasteiger partial charge in [0.15, 0.2) is 0 Å². The van der Waals surface area contributed by atoms with Crippen molar-refractivity contribution >= 4 is 12.2 Å². The van der Waals surface area contributed by atoms with E-state index in [2.05, 4.69) is 20.5 Å². The van der Waals surface area contributed by atoms with Gasteiger partial charge in [-0.05, 0) is 12.0 Å². The van der Waals surface area contributed by atoms with Crippen LogP contribution in [0.1, 0.15) is 24.6 Å². The third-order valence-electron chi connectivity index (χ3n) is 2.48. The van der Waals surface area contributed by atoms with Crippen LogP contribution in [-0.4, -0.2) is 16.2 Å². The fraction of sp³-hybridized carbons (Fsp3) is 0.214. The van der Waals surface area contributed by atoms with E-state index in [4.69, 9.17) is 0 Å². The third-order valence-corrected chi connectivity index (χ3v) is 2.48. The molecule has 0 saturated heterocycles. The number of aromatic amines is 1. The van der Waals surface area contributed by atoms with Crippen molar-refractivity contribution in [2.24, 2.45) is 5.10 Å². The zero-order valence-corrected chi connectivity index (χ0v) is 10.8. The number of hydrogen-bond donors (Lipinski definition) is 2. The molecule has 0 amide bonds. The second-order valence-electron chi connectivity index (χ2n) is 4.12. The molecule has 2 rings (SSSR count). The number of hydrazone groups is 1. The van der Waals surface area contributed by atoms with Crippen LogP contribution in [0.25, 0.3) is 0 Å². The van der Waals surface area contributed by atoms with Crippen LogP contribution in [0, 0.1) is 0 Å². The highest BCUT2D eigenvalue weighted by molar-refractivity contribution is 5.79. The van der Waals surface area contributed by atoms with Crippen LogP contribution in [0.15, 0.2) is 46.3 Å². The monoisotopic (exact) mass is 256 g/mol. The Hall–Kier alpha value is -2.43. The second kappa shape index (κ2) is 6.49. The highest BCUT2D eigenvalue weighted by Gasteiger charge is 1.99. The van der Waals surface area contributed by atoms with Crippen molar-refractivity contribution in [1.29, 1.82) is 0 Å². The molecule has 0 unspecified atom stereocenters. The molecule has 0 aliphatic rings. The van der Waals surface area contributed by atoms with Gasteiger partial charge in [-0.1, -0.05) is 43.7 Å². The maximum atomic E-state index is 11.4. The van der Waals surface area contributed by atoms with Gasteiger partial charge in [-0.3, -0.25) is 9.78 Å². The first kappa shape index (κ1) is 13.0. The highest BCUT2D eigenvalue weighted by atomic mass is 16.1. The van der Waals surface area contributed by atoms with Crippen LogP contribution in [0.2, 0.25) is 0 Å². The Morgan fingerprint density at radius 3 is 2.89 bits per heavy atom. The maximum Gasteiger partial charge on any atom is 0.252 e. The van der Waals surface area contributed by atoms with Gasteiger partial charge in [0.2, 0.25) is 5.95 Å². The molecule has 0 aliphatic carbocycles. The first-order valence-electron chi connectivity index (χ1n) is 6.22. The second-order valence-corrected chi connectivity index (χ2v) is 4.12. The zero-order valence-electron chi connectivity index (χ0n) is 10.8. The smallest absolute Gasteiger partial charge is 0.252 e. The molecule has 2 N–H and O–H groups in total. The number of aromatic nitrogens is 2. The average Bonchev–Trinajstić information content (AvgIpc) is 2.40. The van der Waals surface area contributed by atoms with Gasteiger partial charge < -0.3 is 0 Å². The van der Waals surface area contributed by atoms with E-state index in [0.29, 0.717) is 5.95 Å². The van der Waals surface area contributed by atoms with Gasteiger partial charge in [0.1, 0.15) is 0 Å². The van der Waals surface area contributed by atoms with E-state index in [-0.39, 0.29) is 5.56 Å². The van der Waals surface area contributed by atoms with Crippen LogP contribution in [0.4, 0.5) is 5.95 Å². The molecule has 1 aromatic heterocycles. The van der Waals surface area contributed by atoms with Crippen molar-refractivity contribution in [1.82, 2.24) is 9.97 Å². The number of nitrogens with zero attached hydrogens (tertiary/aromatic N) is 2. The summed E-state index contributed by atoms with van der Waals surface area (Å²) in [6, 6.07) is 11.2. The van der Waals surface area contributed by atoms with Crippen molar-refractivity contribution in [2.75, 3.05) is 5.43 Å². The Kier molecular flexibility index (Phi) is 4.44. The Bertz CT molecular complexity index is 604. The molecule has 98 valence electrons. The van der Waals surface area contributed by atoms with Crippen LogP contribution < -0.4 is 11.0 Å². The molecule has 0 bridgehead atoms. The van der Waals surface area contributed by atoms with Crippen LogP contribution in [0.5, 0.6) is 0 Å². The van der Waals surface area contributed by atoms with E-state index < -0.39 is 0 Å². The zero-order chi connectivity index (χ0) is 13.5. The molecule has 0 radical (unpaired) electrons. The lowest BCUT2D eigenvalue weighted by atomic mass is 10.2. The molecule has 19 heavy (non-hydrogen) atoms. The molecular weight excluding hydrogens is 240 g/mol. The predicted molar refractivity (Wildman–Crippen MR) is 76.5 cm³/mol. The summed E-state index contributed by atoms with van der Waals surface area (Å²) in [7, 11) is 0. The Labute approximate surface area is 111 Å². The molecule has 0 atom stereocenters. The Balaban J connectivity index is 2.07. The lowest BCUT2D eigenvalue weighted by Gasteiger charge is -2.02. The first-order chi connectivity index (χ1) is 9.28. The van der Waals surface area contributed by atoms with Gasteiger partial charge >= 0.3 is 0 Å². The minimum absolute atomic E-state index is 0.170. The van der Waals surface area contributed by atoms with E-state index in [1.807, 2.05) is 37.3 Å². The lowest BCUT2D eigenvalue weighted by Crippen LogP contribution is -2.11. The first-order valence-corrected chi connectivity index (χ1v) is 6.22. The lowest BCUT2D eigenvalue weighted by molar-refractivity contribution is 0.867. The molecular formula is C14H16N4O. The molecule has 5 nitrogen and oxygen atoms in total. The number of anilines is 1. The highest BCUT2D eigenvalue weighted by Crippen LogP contribution is 2.00. The summed E-state index contributed by atoms with van der Waals surface area (Å²) in [4.78, 5) is 18.3. The Morgan fingerprint density at radius 1 is 1.37 bits per heavy atom. The number of H-pyrrole nitrogens is 1.